The van der Waals surface area contributed by atoms with E-state index in [1.807, 2.05) is 48.1 Å². The molecule has 0 amide bonds. The van der Waals surface area contributed by atoms with E-state index >= 15 is 0 Å². The molecule has 0 saturated carbocycles. The number of rotatable bonds is 5. The molecular weight excluding hydrogens is 214 g/mol. The Morgan fingerprint density at radius 3 is 2.71 bits per heavy atom. The van der Waals surface area contributed by atoms with Gasteiger partial charge in [-0.05, 0) is 19.0 Å². The molecule has 0 aromatic carbocycles. The van der Waals surface area contributed by atoms with E-state index in [2.05, 4.69) is 22.4 Å². The molecule has 0 aliphatic rings. The summed E-state index contributed by atoms with van der Waals surface area (Å²) >= 11 is 0. The molecule has 1 atom stereocenters. The van der Waals surface area contributed by atoms with Crippen molar-refractivity contribution in [2.75, 3.05) is 6.54 Å². The number of hydrogen-bond acceptors (Lipinski definition) is 3. The molecule has 2 heterocycles. The van der Waals surface area contributed by atoms with E-state index in [1.54, 1.807) is 0 Å². The molecule has 2 rings (SSSR count). The summed E-state index contributed by atoms with van der Waals surface area (Å²) < 4.78 is 3.73. The van der Waals surface area contributed by atoms with Crippen LogP contribution in [0.3, 0.4) is 0 Å². The van der Waals surface area contributed by atoms with Gasteiger partial charge in [-0.2, -0.15) is 10.2 Å². The summed E-state index contributed by atoms with van der Waals surface area (Å²) in [4.78, 5) is 0. The third kappa shape index (κ3) is 2.55. The van der Waals surface area contributed by atoms with Crippen LogP contribution in [0.5, 0.6) is 0 Å². The lowest BCUT2D eigenvalue weighted by atomic mass is 10.1. The lowest BCUT2D eigenvalue weighted by Crippen LogP contribution is -2.25. The van der Waals surface area contributed by atoms with Crippen molar-refractivity contribution in [1.82, 2.24) is 24.9 Å². The topological polar surface area (TPSA) is 47.7 Å². The average molecular weight is 233 g/mol. The van der Waals surface area contributed by atoms with Crippen molar-refractivity contribution in [3.8, 4) is 0 Å². The molecule has 5 heteroatoms. The average Bonchev–Trinajstić information content (AvgIpc) is 2.90. The van der Waals surface area contributed by atoms with Crippen molar-refractivity contribution >= 4 is 0 Å². The number of nitrogens with one attached hydrogen (secondary N) is 1. The molecule has 0 bridgehead atoms. The van der Waals surface area contributed by atoms with Gasteiger partial charge in [0, 0.05) is 32.1 Å². The smallest absolute Gasteiger partial charge is 0.0778 e. The highest BCUT2D eigenvalue weighted by molar-refractivity contribution is 5.23. The van der Waals surface area contributed by atoms with E-state index in [9.17, 15) is 0 Å². The Balaban J connectivity index is 2.28. The molecule has 2 aromatic rings. The monoisotopic (exact) mass is 233 g/mol. The molecule has 0 saturated heterocycles. The third-order valence-electron chi connectivity index (χ3n) is 2.81. The van der Waals surface area contributed by atoms with Crippen LogP contribution in [0.2, 0.25) is 0 Å². The van der Waals surface area contributed by atoms with Gasteiger partial charge in [-0.3, -0.25) is 9.36 Å². The second-order valence-electron chi connectivity index (χ2n) is 4.21. The highest BCUT2D eigenvalue weighted by Gasteiger charge is 2.17. The Kier molecular flexibility index (Phi) is 3.58. The minimum Gasteiger partial charge on any atom is -0.305 e. The van der Waals surface area contributed by atoms with Crippen LogP contribution in [0.1, 0.15) is 30.6 Å². The van der Waals surface area contributed by atoms with Crippen molar-refractivity contribution < 1.29 is 0 Å². The maximum Gasteiger partial charge on any atom is 0.0778 e. The third-order valence-corrected chi connectivity index (χ3v) is 2.81. The summed E-state index contributed by atoms with van der Waals surface area (Å²) in [5.41, 5.74) is 2.33. The van der Waals surface area contributed by atoms with E-state index in [4.69, 9.17) is 0 Å². The standard InChI is InChI=1S/C12H19N5/c1-4-6-13-12(10-8-15-16(2)9-10)11-5-7-14-17(11)3/h5,7-9,12-13H,4,6H2,1-3H3. The molecule has 0 radical (unpaired) electrons. The first kappa shape index (κ1) is 11.9. The van der Waals surface area contributed by atoms with Crippen LogP contribution < -0.4 is 5.32 Å². The number of aromatic nitrogens is 4. The van der Waals surface area contributed by atoms with Crippen LogP contribution in [0.25, 0.3) is 0 Å². The Hall–Kier alpha value is -1.62. The summed E-state index contributed by atoms with van der Waals surface area (Å²) in [6, 6.07) is 2.21. The SMILES string of the molecule is CCCNC(c1cnn(C)c1)c1ccnn1C. The fourth-order valence-corrected chi connectivity index (χ4v) is 1.94. The van der Waals surface area contributed by atoms with Crippen LogP contribution >= 0.6 is 0 Å². The zero-order valence-corrected chi connectivity index (χ0v) is 10.6. The van der Waals surface area contributed by atoms with E-state index in [-0.39, 0.29) is 6.04 Å². The molecule has 5 nitrogen and oxygen atoms in total. The number of hydrogen-bond donors (Lipinski definition) is 1. The summed E-state index contributed by atoms with van der Waals surface area (Å²) in [6.45, 7) is 3.14. The predicted molar refractivity (Wildman–Crippen MR) is 66.6 cm³/mol. The normalized spacial score (nSPS) is 12.9. The number of nitrogens with zero attached hydrogens (tertiary/aromatic N) is 4. The quantitative estimate of drug-likeness (QED) is 0.845. The van der Waals surface area contributed by atoms with Gasteiger partial charge in [-0.25, -0.2) is 0 Å². The van der Waals surface area contributed by atoms with Crippen molar-refractivity contribution in [3.05, 3.63) is 35.9 Å². The van der Waals surface area contributed by atoms with E-state index in [0.717, 1.165) is 18.7 Å². The highest BCUT2D eigenvalue weighted by Crippen LogP contribution is 2.20. The summed E-state index contributed by atoms with van der Waals surface area (Å²) in [6.07, 6.45) is 6.88. The van der Waals surface area contributed by atoms with Crippen molar-refractivity contribution in [2.24, 2.45) is 14.1 Å². The maximum absolute atomic E-state index is 4.23. The fourth-order valence-electron chi connectivity index (χ4n) is 1.94. The first-order valence-electron chi connectivity index (χ1n) is 5.92. The molecule has 0 aliphatic heterocycles. The van der Waals surface area contributed by atoms with Gasteiger partial charge in [0.05, 0.1) is 17.9 Å². The summed E-state index contributed by atoms with van der Waals surface area (Å²) in [7, 11) is 3.90. The lowest BCUT2D eigenvalue weighted by Gasteiger charge is -2.17. The summed E-state index contributed by atoms with van der Waals surface area (Å²) in [5, 5.41) is 12.0. The minimum atomic E-state index is 0.163. The van der Waals surface area contributed by atoms with Gasteiger partial charge in [-0.15, -0.1) is 0 Å². The molecule has 1 unspecified atom stereocenters. The zero-order valence-electron chi connectivity index (χ0n) is 10.6. The largest absolute Gasteiger partial charge is 0.305 e. The van der Waals surface area contributed by atoms with Crippen LogP contribution in [0.15, 0.2) is 24.7 Å². The van der Waals surface area contributed by atoms with Crippen LogP contribution in [0.4, 0.5) is 0 Å². The Bertz CT molecular complexity index is 471. The molecule has 0 fully saturated rings. The van der Waals surface area contributed by atoms with Gasteiger partial charge in [0.25, 0.3) is 0 Å². The molecule has 92 valence electrons. The lowest BCUT2D eigenvalue weighted by molar-refractivity contribution is 0.553. The van der Waals surface area contributed by atoms with Gasteiger partial charge >= 0.3 is 0 Å². The van der Waals surface area contributed by atoms with Gasteiger partial charge in [0.15, 0.2) is 0 Å². The Labute approximate surface area is 101 Å². The Morgan fingerprint density at radius 2 is 2.18 bits per heavy atom. The summed E-state index contributed by atoms with van der Waals surface area (Å²) in [5.74, 6) is 0. The second-order valence-corrected chi connectivity index (χ2v) is 4.21. The number of aryl methyl sites for hydroxylation is 2. The van der Waals surface area contributed by atoms with Crippen LogP contribution in [-0.2, 0) is 14.1 Å². The zero-order chi connectivity index (χ0) is 12.3. The minimum absolute atomic E-state index is 0.163. The van der Waals surface area contributed by atoms with Gasteiger partial charge < -0.3 is 5.32 Å². The van der Waals surface area contributed by atoms with Gasteiger partial charge in [-0.1, -0.05) is 6.92 Å². The first-order valence-corrected chi connectivity index (χ1v) is 5.92. The second kappa shape index (κ2) is 5.14. The van der Waals surface area contributed by atoms with Crippen molar-refractivity contribution in [1.29, 1.82) is 0 Å². The maximum atomic E-state index is 4.23. The van der Waals surface area contributed by atoms with E-state index < -0.39 is 0 Å². The van der Waals surface area contributed by atoms with Crippen LogP contribution in [0, 0.1) is 0 Å². The van der Waals surface area contributed by atoms with Crippen LogP contribution in [-0.4, -0.2) is 26.1 Å². The first-order chi connectivity index (χ1) is 8.22. The molecule has 1 N–H and O–H groups in total. The molecule has 0 spiro atoms. The molecule has 2 aromatic heterocycles. The molecule has 0 aliphatic carbocycles. The van der Waals surface area contributed by atoms with Gasteiger partial charge in [0.2, 0.25) is 0 Å². The molecular formula is C12H19N5. The van der Waals surface area contributed by atoms with Crippen molar-refractivity contribution in [3.63, 3.8) is 0 Å². The predicted octanol–water partition coefficient (Wildman–Crippen LogP) is 1.24. The molecule has 17 heavy (non-hydrogen) atoms. The highest BCUT2D eigenvalue weighted by atomic mass is 15.3. The van der Waals surface area contributed by atoms with E-state index in [1.165, 1.54) is 5.56 Å². The van der Waals surface area contributed by atoms with Gasteiger partial charge in [0.1, 0.15) is 0 Å². The fraction of sp³-hybridized carbons (Fsp3) is 0.500. The van der Waals surface area contributed by atoms with Crippen molar-refractivity contribution in [2.45, 2.75) is 19.4 Å². The van der Waals surface area contributed by atoms with E-state index in [0.29, 0.717) is 0 Å². The Morgan fingerprint density at radius 1 is 1.35 bits per heavy atom.